The van der Waals surface area contributed by atoms with E-state index in [1.54, 1.807) is 4.90 Å². The average molecular weight is 348 g/mol. The van der Waals surface area contributed by atoms with Gasteiger partial charge in [0, 0.05) is 19.1 Å². The van der Waals surface area contributed by atoms with Crippen molar-refractivity contribution >= 4 is 12.0 Å². The van der Waals surface area contributed by atoms with Gasteiger partial charge in [-0.1, -0.05) is 44.2 Å². The SMILES string of the molecule is CC(C)C[C@H](CC(=O)O)NC(=O)N1CCC(O)(c2ccccc2)CC1. The minimum atomic E-state index is -0.914. The highest BCUT2D eigenvalue weighted by atomic mass is 16.4. The highest BCUT2D eigenvalue weighted by Crippen LogP contribution is 2.32. The van der Waals surface area contributed by atoms with Gasteiger partial charge in [0.05, 0.1) is 12.0 Å². The molecule has 2 rings (SSSR count). The maximum absolute atomic E-state index is 12.5. The van der Waals surface area contributed by atoms with Gasteiger partial charge in [-0.05, 0) is 30.7 Å². The van der Waals surface area contributed by atoms with Crippen molar-refractivity contribution in [2.45, 2.75) is 51.2 Å². The number of hydrogen-bond acceptors (Lipinski definition) is 3. The number of piperidine rings is 1. The van der Waals surface area contributed by atoms with E-state index in [-0.39, 0.29) is 18.5 Å². The number of carboxylic acid groups (broad SMARTS) is 1. The molecule has 1 atom stereocenters. The number of carbonyl (C=O) groups excluding carboxylic acids is 1. The van der Waals surface area contributed by atoms with E-state index in [1.165, 1.54) is 0 Å². The summed E-state index contributed by atoms with van der Waals surface area (Å²) >= 11 is 0. The first-order valence-corrected chi connectivity index (χ1v) is 8.85. The minimum Gasteiger partial charge on any atom is -0.481 e. The molecule has 25 heavy (non-hydrogen) atoms. The van der Waals surface area contributed by atoms with Crippen molar-refractivity contribution in [3.63, 3.8) is 0 Å². The molecule has 3 N–H and O–H groups in total. The van der Waals surface area contributed by atoms with Crippen LogP contribution in [0, 0.1) is 5.92 Å². The quantitative estimate of drug-likeness (QED) is 0.737. The predicted molar refractivity (Wildman–Crippen MR) is 95.2 cm³/mol. The van der Waals surface area contributed by atoms with Crippen molar-refractivity contribution in [3.8, 4) is 0 Å². The fourth-order valence-corrected chi connectivity index (χ4v) is 3.36. The predicted octanol–water partition coefficient (Wildman–Crippen LogP) is 2.57. The lowest BCUT2D eigenvalue weighted by Crippen LogP contribution is -2.51. The fraction of sp³-hybridized carbons (Fsp3) is 0.579. The van der Waals surface area contributed by atoms with Gasteiger partial charge in [0.25, 0.3) is 0 Å². The van der Waals surface area contributed by atoms with Crippen LogP contribution in [0.3, 0.4) is 0 Å². The third-order valence-electron chi connectivity index (χ3n) is 4.69. The van der Waals surface area contributed by atoms with E-state index in [2.05, 4.69) is 5.32 Å². The molecule has 138 valence electrons. The summed E-state index contributed by atoms with van der Waals surface area (Å²) in [5, 5.41) is 22.7. The van der Waals surface area contributed by atoms with E-state index in [0.717, 1.165) is 5.56 Å². The van der Waals surface area contributed by atoms with E-state index < -0.39 is 11.6 Å². The van der Waals surface area contributed by atoms with Gasteiger partial charge in [0.15, 0.2) is 0 Å². The minimum absolute atomic E-state index is 0.0777. The number of rotatable bonds is 6. The number of hydrogen-bond donors (Lipinski definition) is 3. The van der Waals surface area contributed by atoms with Crippen LogP contribution in [0.1, 0.15) is 45.1 Å². The fourth-order valence-electron chi connectivity index (χ4n) is 3.36. The van der Waals surface area contributed by atoms with Crippen LogP contribution < -0.4 is 5.32 Å². The van der Waals surface area contributed by atoms with E-state index in [4.69, 9.17) is 5.11 Å². The first-order valence-electron chi connectivity index (χ1n) is 8.85. The summed E-state index contributed by atoms with van der Waals surface area (Å²) in [5.41, 5.74) is -0.0326. The van der Waals surface area contributed by atoms with E-state index in [0.29, 0.717) is 38.3 Å². The van der Waals surface area contributed by atoms with Crippen molar-refractivity contribution in [1.82, 2.24) is 10.2 Å². The van der Waals surface area contributed by atoms with E-state index in [1.807, 2.05) is 44.2 Å². The summed E-state index contributed by atoms with van der Waals surface area (Å²) in [4.78, 5) is 25.1. The second kappa shape index (κ2) is 8.34. The van der Waals surface area contributed by atoms with Crippen LogP contribution in [0.15, 0.2) is 30.3 Å². The zero-order valence-corrected chi connectivity index (χ0v) is 14.9. The summed E-state index contributed by atoms with van der Waals surface area (Å²) in [6.45, 7) is 4.89. The second-order valence-corrected chi connectivity index (χ2v) is 7.26. The Balaban J connectivity index is 1.92. The molecule has 2 amide bonds. The molecule has 0 saturated carbocycles. The molecule has 1 saturated heterocycles. The van der Waals surface area contributed by atoms with E-state index in [9.17, 15) is 14.7 Å². The maximum Gasteiger partial charge on any atom is 0.317 e. The topological polar surface area (TPSA) is 89.9 Å². The Labute approximate surface area is 148 Å². The van der Waals surface area contributed by atoms with Crippen LogP contribution in [0.25, 0.3) is 0 Å². The number of nitrogens with zero attached hydrogens (tertiary/aromatic N) is 1. The zero-order chi connectivity index (χ0) is 18.4. The summed E-state index contributed by atoms with van der Waals surface area (Å²) in [5.74, 6) is -0.614. The van der Waals surface area contributed by atoms with Crippen LogP contribution in [0.2, 0.25) is 0 Å². The van der Waals surface area contributed by atoms with Gasteiger partial charge >= 0.3 is 12.0 Å². The summed E-state index contributed by atoms with van der Waals surface area (Å²) in [7, 11) is 0. The molecule has 1 aliphatic rings. The number of benzene rings is 1. The maximum atomic E-state index is 12.5. The standard InChI is InChI=1S/C19H28N2O4/c1-14(2)12-16(13-17(22)23)20-18(24)21-10-8-19(25,9-11-21)15-6-4-3-5-7-15/h3-7,14,16,25H,8-13H2,1-2H3,(H,20,24)(H,22,23)/t16-/m1/s1. The number of carboxylic acids is 1. The Bertz CT molecular complexity index is 580. The Morgan fingerprint density at radius 1 is 1.20 bits per heavy atom. The molecule has 1 aromatic carbocycles. The van der Waals surface area contributed by atoms with Crippen LogP contribution in [0.5, 0.6) is 0 Å². The monoisotopic (exact) mass is 348 g/mol. The summed E-state index contributed by atoms with van der Waals surface area (Å²) < 4.78 is 0. The largest absolute Gasteiger partial charge is 0.481 e. The van der Waals surface area contributed by atoms with Crippen LogP contribution in [0.4, 0.5) is 4.79 Å². The lowest BCUT2D eigenvalue weighted by atomic mass is 9.84. The highest BCUT2D eigenvalue weighted by Gasteiger charge is 2.35. The average Bonchev–Trinajstić information content (AvgIpc) is 2.55. The first kappa shape index (κ1) is 19.2. The second-order valence-electron chi connectivity index (χ2n) is 7.26. The number of likely N-dealkylation sites (tertiary alicyclic amines) is 1. The molecule has 1 fully saturated rings. The van der Waals surface area contributed by atoms with Crippen LogP contribution in [-0.4, -0.2) is 46.2 Å². The van der Waals surface area contributed by atoms with Gasteiger partial charge in [0.2, 0.25) is 0 Å². The molecule has 1 heterocycles. The lowest BCUT2D eigenvalue weighted by Gasteiger charge is -2.39. The third-order valence-corrected chi connectivity index (χ3v) is 4.69. The third kappa shape index (κ3) is 5.46. The molecule has 1 aromatic rings. The summed E-state index contributed by atoms with van der Waals surface area (Å²) in [6.07, 6.45) is 1.49. The smallest absolute Gasteiger partial charge is 0.317 e. The number of aliphatic hydroxyl groups is 1. The number of nitrogens with one attached hydrogen (secondary N) is 1. The normalized spacial score (nSPS) is 18.0. The molecule has 0 bridgehead atoms. The van der Waals surface area contributed by atoms with Gasteiger partial charge in [-0.2, -0.15) is 0 Å². The van der Waals surface area contributed by atoms with E-state index >= 15 is 0 Å². The number of urea groups is 1. The number of carbonyl (C=O) groups is 2. The molecule has 0 unspecified atom stereocenters. The van der Waals surface area contributed by atoms with Gasteiger partial charge < -0.3 is 20.4 Å². The molecule has 0 aliphatic carbocycles. The Kier molecular flexibility index (Phi) is 6.42. The Morgan fingerprint density at radius 3 is 2.32 bits per heavy atom. The van der Waals surface area contributed by atoms with Crippen LogP contribution in [-0.2, 0) is 10.4 Å². The Morgan fingerprint density at radius 2 is 1.80 bits per heavy atom. The molecule has 0 aromatic heterocycles. The van der Waals surface area contributed by atoms with Gasteiger partial charge in [-0.15, -0.1) is 0 Å². The molecule has 0 radical (unpaired) electrons. The van der Waals surface area contributed by atoms with Gasteiger partial charge in [-0.3, -0.25) is 4.79 Å². The van der Waals surface area contributed by atoms with Gasteiger partial charge in [0.1, 0.15) is 0 Å². The molecule has 1 aliphatic heterocycles. The summed E-state index contributed by atoms with van der Waals surface area (Å²) in [6, 6.07) is 8.89. The van der Waals surface area contributed by atoms with Crippen molar-refractivity contribution < 1.29 is 19.8 Å². The van der Waals surface area contributed by atoms with Gasteiger partial charge in [-0.25, -0.2) is 4.79 Å². The van der Waals surface area contributed by atoms with Crippen LogP contribution >= 0.6 is 0 Å². The molecule has 6 heteroatoms. The van der Waals surface area contributed by atoms with Crippen molar-refractivity contribution in [1.29, 1.82) is 0 Å². The van der Waals surface area contributed by atoms with Crippen molar-refractivity contribution in [3.05, 3.63) is 35.9 Å². The zero-order valence-electron chi connectivity index (χ0n) is 14.9. The molecule has 0 spiro atoms. The number of amides is 2. The lowest BCUT2D eigenvalue weighted by molar-refractivity contribution is -0.137. The Hall–Kier alpha value is -2.08. The molecular weight excluding hydrogens is 320 g/mol. The van der Waals surface area contributed by atoms with Crippen molar-refractivity contribution in [2.75, 3.05) is 13.1 Å². The molecular formula is C19H28N2O4. The first-order chi connectivity index (χ1) is 11.8. The highest BCUT2D eigenvalue weighted by molar-refractivity contribution is 5.76. The molecule has 6 nitrogen and oxygen atoms in total. The number of aliphatic carboxylic acids is 1. The van der Waals surface area contributed by atoms with Crippen molar-refractivity contribution in [2.24, 2.45) is 5.92 Å².